The van der Waals surface area contributed by atoms with Crippen LogP contribution in [0.25, 0.3) is 0 Å². The van der Waals surface area contributed by atoms with Crippen LogP contribution < -0.4 is 0 Å². The van der Waals surface area contributed by atoms with Crippen LogP contribution in [0.2, 0.25) is 0 Å². The van der Waals surface area contributed by atoms with Crippen LogP contribution in [0.1, 0.15) is 5.69 Å². The molecular formula is C7H8FNO. The molecule has 0 spiro atoms. The lowest BCUT2D eigenvalue weighted by molar-refractivity contribution is 0.181. The highest BCUT2D eigenvalue weighted by Gasteiger charge is 1.93. The van der Waals surface area contributed by atoms with Crippen molar-refractivity contribution >= 4 is 0 Å². The number of rotatable bonds is 2. The minimum atomic E-state index is -0.276. The van der Waals surface area contributed by atoms with Crippen LogP contribution in [0.5, 0.6) is 0 Å². The van der Waals surface area contributed by atoms with E-state index in [1.807, 2.05) is 0 Å². The van der Waals surface area contributed by atoms with E-state index in [-0.39, 0.29) is 5.82 Å². The lowest BCUT2D eigenvalue weighted by atomic mass is 10.3. The fraction of sp³-hybridized carbons (Fsp3) is 0.286. The number of methoxy groups -OCH3 is 1. The van der Waals surface area contributed by atoms with Gasteiger partial charge in [0.15, 0.2) is 0 Å². The number of halogens is 1. The average molecular weight is 141 g/mol. The zero-order chi connectivity index (χ0) is 7.40. The van der Waals surface area contributed by atoms with Gasteiger partial charge in [-0.05, 0) is 12.1 Å². The van der Waals surface area contributed by atoms with E-state index in [0.29, 0.717) is 12.3 Å². The van der Waals surface area contributed by atoms with Crippen LogP contribution in [-0.2, 0) is 11.3 Å². The Morgan fingerprint density at radius 3 is 3.10 bits per heavy atom. The van der Waals surface area contributed by atoms with Crippen LogP contribution >= 0.6 is 0 Å². The summed E-state index contributed by atoms with van der Waals surface area (Å²) in [5.74, 6) is -0.276. The van der Waals surface area contributed by atoms with Gasteiger partial charge in [0, 0.05) is 13.3 Å². The third kappa shape index (κ3) is 1.77. The van der Waals surface area contributed by atoms with Gasteiger partial charge in [0.25, 0.3) is 0 Å². The van der Waals surface area contributed by atoms with E-state index < -0.39 is 0 Å². The molecule has 2 nitrogen and oxygen atoms in total. The second kappa shape index (κ2) is 3.27. The first-order valence-corrected chi connectivity index (χ1v) is 2.92. The molecule has 0 aromatic carbocycles. The topological polar surface area (TPSA) is 22.1 Å². The molecule has 0 fully saturated rings. The van der Waals surface area contributed by atoms with Crippen molar-refractivity contribution in [3.05, 3.63) is 29.8 Å². The van der Waals surface area contributed by atoms with Crippen molar-refractivity contribution in [3.63, 3.8) is 0 Å². The molecule has 0 unspecified atom stereocenters. The van der Waals surface area contributed by atoms with Gasteiger partial charge in [0.1, 0.15) is 5.82 Å². The Hall–Kier alpha value is -0.960. The van der Waals surface area contributed by atoms with Crippen molar-refractivity contribution in [2.45, 2.75) is 6.61 Å². The van der Waals surface area contributed by atoms with E-state index >= 15 is 0 Å². The standard InChI is InChI=1S/C7H8FNO/c1-10-5-7-4-6(8)2-3-9-7/h2-4H,5H2,1H3. The second-order valence-corrected chi connectivity index (χ2v) is 1.90. The molecule has 0 saturated heterocycles. The molecule has 0 bridgehead atoms. The van der Waals surface area contributed by atoms with E-state index in [4.69, 9.17) is 4.74 Å². The molecule has 0 aliphatic rings. The number of ether oxygens (including phenoxy) is 1. The number of nitrogens with zero attached hydrogens (tertiary/aromatic N) is 1. The summed E-state index contributed by atoms with van der Waals surface area (Å²) in [5.41, 5.74) is 0.613. The minimum Gasteiger partial charge on any atom is -0.378 e. The summed E-state index contributed by atoms with van der Waals surface area (Å²) in [5, 5.41) is 0. The summed E-state index contributed by atoms with van der Waals surface area (Å²) in [6.45, 7) is 0.359. The summed E-state index contributed by atoms with van der Waals surface area (Å²) in [6.07, 6.45) is 1.42. The molecule has 10 heavy (non-hydrogen) atoms. The molecule has 54 valence electrons. The Kier molecular flexibility index (Phi) is 2.34. The van der Waals surface area contributed by atoms with Crippen molar-refractivity contribution in [3.8, 4) is 0 Å². The summed E-state index contributed by atoms with van der Waals surface area (Å²) < 4.78 is 17.1. The summed E-state index contributed by atoms with van der Waals surface area (Å²) in [7, 11) is 1.55. The molecule has 1 rings (SSSR count). The Morgan fingerprint density at radius 1 is 1.70 bits per heavy atom. The average Bonchev–Trinajstić information content (AvgIpc) is 1.88. The van der Waals surface area contributed by atoms with E-state index in [9.17, 15) is 4.39 Å². The van der Waals surface area contributed by atoms with Gasteiger partial charge in [0.2, 0.25) is 0 Å². The van der Waals surface area contributed by atoms with Gasteiger partial charge in [-0.1, -0.05) is 0 Å². The molecule has 1 heterocycles. The third-order valence-electron chi connectivity index (χ3n) is 1.07. The quantitative estimate of drug-likeness (QED) is 0.620. The summed E-state index contributed by atoms with van der Waals surface area (Å²) in [4.78, 5) is 3.86. The first-order valence-electron chi connectivity index (χ1n) is 2.92. The maximum Gasteiger partial charge on any atom is 0.126 e. The van der Waals surface area contributed by atoms with Crippen molar-refractivity contribution in [1.29, 1.82) is 0 Å². The van der Waals surface area contributed by atoms with Gasteiger partial charge in [-0.15, -0.1) is 0 Å². The van der Waals surface area contributed by atoms with Crippen molar-refractivity contribution < 1.29 is 9.13 Å². The van der Waals surface area contributed by atoms with E-state index in [2.05, 4.69) is 4.98 Å². The highest BCUT2D eigenvalue weighted by atomic mass is 19.1. The molecule has 0 aliphatic heterocycles. The highest BCUT2D eigenvalue weighted by Crippen LogP contribution is 1.99. The van der Waals surface area contributed by atoms with Gasteiger partial charge in [-0.3, -0.25) is 4.98 Å². The van der Waals surface area contributed by atoms with Gasteiger partial charge in [0.05, 0.1) is 12.3 Å². The van der Waals surface area contributed by atoms with Gasteiger partial charge in [-0.25, -0.2) is 4.39 Å². The molecule has 3 heteroatoms. The third-order valence-corrected chi connectivity index (χ3v) is 1.07. The Balaban J connectivity index is 2.75. The molecule has 0 amide bonds. The van der Waals surface area contributed by atoms with Crippen molar-refractivity contribution in [2.75, 3.05) is 7.11 Å². The lowest BCUT2D eigenvalue weighted by Crippen LogP contribution is -1.91. The fourth-order valence-electron chi connectivity index (χ4n) is 0.676. The first-order chi connectivity index (χ1) is 4.83. The van der Waals surface area contributed by atoms with Crippen LogP contribution in [0.4, 0.5) is 4.39 Å². The normalized spacial score (nSPS) is 9.80. The van der Waals surface area contributed by atoms with Gasteiger partial charge >= 0.3 is 0 Å². The van der Waals surface area contributed by atoms with E-state index in [0.717, 1.165) is 0 Å². The zero-order valence-electron chi connectivity index (χ0n) is 5.67. The van der Waals surface area contributed by atoms with Crippen LogP contribution in [0.15, 0.2) is 18.3 Å². The Bertz CT molecular complexity index is 215. The van der Waals surface area contributed by atoms with Gasteiger partial charge < -0.3 is 4.74 Å². The molecule has 1 aromatic heterocycles. The predicted octanol–water partition coefficient (Wildman–Crippen LogP) is 1.37. The fourth-order valence-corrected chi connectivity index (χ4v) is 0.676. The highest BCUT2D eigenvalue weighted by molar-refractivity contribution is 5.04. The minimum absolute atomic E-state index is 0.276. The molecule has 1 aromatic rings. The maximum absolute atomic E-state index is 12.4. The second-order valence-electron chi connectivity index (χ2n) is 1.90. The Labute approximate surface area is 58.7 Å². The SMILES string of the molecule is COCc1cc(F)ccn1. The van der Waals surface area contributed by atoms with E-state index in [1.54, 1.807) is 7.11 Å². The number of hydrogen-bond acceptors (Lipinski definition) is 2. The van der Waals surface area contributed by atoms with E-state index in [1.165, 1.54) is 18.3 Å². The van der Waals surface area contributed by atoms with Gasteiger partial charge in [-0.2, -0.15) is 0 Å². The van der Waals surface area contributed by atoms with Crippen molar-refractivity contribution in [2.24, 2.45) is 0 Å². The molecule has 0 N–H and O–H groups in total. The molecule has 0 aliphatic carbocycles. The maximum atomic E-state index is 12.4. The molecule has 0 radical (unpaired) electrons. The van der Waals surface area contributed by atoms with Crippen molar-refractivity contribution in [1.82, 2.24) is 4.98 Å². The summed E-state index contributed by atoms with van der Waals surface area (Å²) in [6, 6.07) is 2.66. The smallest absolute Gasteiger partial charge is 0.126 e. The largest absolute Gasteiger partial charge is 0.378 e. The first kappa shape index (κ1) is 7.15. The number of aromatic nitrogens is 1. The Morgan fingerprint density at radius 2 is 2.50 bits per heavy atom. The monoisotopic (exact) mass is 141 g/mol. The summed E-state index contributed by atoms with van der Waals surface area (Å²) >= 11 is 0. The zero-order valence-corrected chi connectivity index (χ0v) is 5.67. The molecule has 0 atom stereocenters. The van der Waals surface area contributed by atoms with Crippen LogP contribution in [0, 0.1) is 5.82 Å². The lowest BCUT2D eigenvalue weighted by Gasteiger charge is -1.96. The number of hydrogen-bond donors (Lipinski definition) is 0. The predicted molar refractivity (Wildman–Crippen MR) is 34.9 cm³/mol. The molecular weight excluding hydrogens is 133 g/mol. The van der Waals surface area contributed by atoms with Crippen LogP contribution in [-0.4, -0.2) is 12.1 Å². The number of pyridine rings is 1. The molecule has 0 saturated carbocycles. The van der Waals surface area contributed by atoms with Crippen LogP contribution in [0.3, 0.4) is 0 Å².